The van der Waals surface area contributed by atoms with E-state index in [1.807, 2.05) is 18.3 Å². The summed E-state index contributed by atoms with van der Waals surface area (Å²) in [6.07, 6.45) is 7.93. The number of aryl methyl sites for hydroxylation is 1. The molecule has 0 fully saturated rings. The van der Waals surface area contributed by atoms with E-state index in [2.05, 4.69) is 40.0 Å². The molecule has 6 heteroatoms. The molecule has 0 saturated carbocycles. The summed E-state index contributed by atoms with van der Waals surface area (Å²) >= 11 is 0. The summed E-state index contributed by atoms with van der Waals surface area (Å²) < 4.78 is 0. The maximum atomic E-state index is 11.2. The normalized spacial score (nSPS) is 14.8. The maximum Gasteiger partial charge on any atom is 0.267 e. The molecular weight excluding hydrogens is 364 g/mol. The van der Waals surface area contributed by atoms with E-state index in [0.29, 0.717) is 0 Å². The van der Waals surface area contributed by atoms with Gasteiger partial charge in [-0.15, -0.1) is 0 Å². The third-order valence-electron chi connectivity index (χ3n) is 5.73. The highest BCUT2D eigenvalue weighted by Crippen LogP contribution is 2.22. The van der Waals surface area contributed by atoms with Gasteiger partial charge in [0.15, 0.2) is 0 Å². The van der Waals surface area contributed by atoms with Crippen LogP contribution in [0.15, 0.2) is 42.6 Å². The van der Waals surface area contributed by atoms with Crippen molar-refractivity contribution < 1.29 is 10.0 Å². The molecule has 1 aliphatic heterocycles. The van der Waals surface area contributed by atoms with Crippen molar-refractivity contribution in [3.8, 4) is 0 Å². The number of aromatic amines is 1. The van der Waals surface area contributed by atoms with E-state index in [1.54, 1.807) is 11.6 Å². The number of rotatable bonds is 5. The Kier molecular flexibility index (Phi) is 5.74. The number of benzene rings is 1. The van der Waals surface area contributed by atoms with Crippen molar-refractivity contribution >= 4 is 23.0 Å². The zero-order valence-electron chi connectivity index (χ0n) is 16.6. The number of hydroxylamine groups is 1. The summed E-state index contributed by atoms with van der Waals surface area (Å²) in [7, 11) is 0. The number of H-pyrrole nitrogens is 1. The minimum Gasteiger partial charge on any atom is -0.343 e. The monoisotopic (exact) mass is 390 g/mol. The minimum absolute atomic E-state index is 0.520. The van der Waals surface area contributed by atoms with Crippen LogP contribution in [0, 0.1) is 6.92 Å². The van der Waals surface area contributed by atoms with Crippen molar-refractivity contribution in [1.82, 2.24) is 20.3 Å². The molecule has 4 rings (SSSR count). The topological polar surface area (TPSA) is 81.2 Å². The van der Waals surface area contributed by atoms with Crippen LogP contribution in [0.3, 0.4) is 0 Å². The highest BCUT2D eigenvalue weighted by Gasteiger charge is 2.16. The lowest BCUT2D eigenvalue weighted by molar-refractivity contribution is -0.124. The van der Waals surface area contributed by atoms with E-state index < -0.39 is 5.91 Å². The summed E-state index contributed by atoms with van der Waals surface area (Å²) in [5, 5.41) is 9.83. The number of nitrogens with zero attached hydrogens (tertiary/aromatic N) is 2. The predicted molar refractivity (Wildman–Crippen MR) is 114 cm³/mol. The van der Waals surface area contributed by atoms with Gasteiger partial charge >= 0.3 is 0 Å². The van der Waals surface area contributed by atoms with E-state index >= 15 is 0 Å². The van der Waals surface area contributed by atoms with Crippen LogP contribution in [0.1, 0.15) is 27.9 Å². The number of carbonyl (C=O) groups is 1. The van der Waals surface area contributed by atoms with Crippen molar-refractivity contribution in [2.75, 3.05) is 19.6 Å². The molecular formula is C23H26N4O2. The lowest BCUT2D eigenvalue weighted by atomic mass is 10.00. The third-order valence-corrected chi connectivity index (χ3v) is 5.73. The molecule has 3 heterocycles. The highest BCUT2D eigenvalue weighted by atomic mass is 16.5. The molecule has 3 aromatic rings. The Morgan fingerprint density at radius 3 is 2.93 bits per heavy atom. The van der Waals surface area contributed by atoms with E-state index in [0.717, 1.165) is 50.1 Å². The van der Waals surface area contributed by atoms with Gasteiger partial charge in [-0.05, 0) is 66.6 Å². The zero-order valence-corrected chi connectivity index (χ0v) is 16.6. The smallest absolute Gasteiger partial charge is 0.267 e. The SMILES string of the molecule is Cc1[nH]c2ncccc2c1CCN1CCc2ccc(/C=C/C(=O)NO)cc2CC1. The summed E-state index contributed by atoms with van der Waals surface area (Å²) in [5.74, 6) is -0.520. The molecule has 150 valence electrons. The van der Waals surface area contributed by atoms with Crippen LogP contribution >= 0.6 is 0 Å². The Labute approximate surface area is 170 Å². The number of pyridine rings is 1. The fourth-order valence-electron chi connectivity index (χ4n) is 4.12. The van der Waals surface area contributed by atoms with Gasteiger partial charge in [0.05, 0.1) is 0 Å². The lowest BCUT2D eigenvalue weighted by Crippen LogP contribution is -2.28. The highest BCUT2D eigenvalue weighted by molar-refractivity contribution is 5.90. The second kappa shape index (κ2) is 8.59. The molecule has 1 amide bonds. The largest absolute Gasteiger partial charge is 0.343 e. The van der Waals surface area contributed by atoms with Crippen molar-refractivity contribution in [2.24, 2.45) is 0 Å². The number of amides is 1. The number of hydrogen-bond acceptors (Lipinski definition) is 4. The van der Waals surface area contributed by atoms with Gasteiger partial charge in [0.25, 0.3) is 5.91 Å². The molecule has 2 aromatic heterocycles. The van der Waals surface area contributed by atoms with Crippen molar-refractivity contribution in [2.45, 2.75) is 26.2 Å². The average molecular weight is 390 g/mol. The Balaban J connectivity index is 1.41. The van der Waals surface area contributed by atoms with Gasteiger partial charge in [-0.1, -0.05) is 18.2 Å². The molecule has 3 N–H and O–H groups in total. The van der Waals surface area contributed by atoms with Crippen LogP contribution in [0.4, 0.5) is 0 Å². The van der Waals surface area contributed by atoms with Crippen LogP contribution < -0.4 is 5.48 Å². The van der Waals surface area contributed by atoms with Gasteiger partial charge in [-0.2, -0.15) is 0 Å². The molecule has 0 atom stereocenters. The fraction of sp³-hybridized carbons (Fsp3) is 0.304. The maximum absolute atomic E-state index is 11.2. The Morgan fingerprint density at radius 2 is 2.10 bits per heavy atom. The first kappa shape index (κ1) is 19.4. The summed E-state index contributed by atoms with van der Waals surface area (Å²) in [6.45, 7) is 5.23. The molecule has 1 aromatic carbocycles. The van der Waals surface area contributed by atoms with E-state index in [9.17, 15) is 4.79 Å². The Morgan fingerprint density at radius 1 is 1.28 bits per heavy atom. The van der Waals surface area contributed by atoms with E-state index in [1.165, 1.54) is 33.8 Å². The Hall–Kier alpha value is -2.96. The number of nitrogens with one attached hydrogen (secondary N) is 2. The fourth-order valence-corrected chi connectivity index (χ4v) is 4.12. The standard InChI is InChI=1S/C23H26N4O2/c1-16-20(21-3-2-11-24-23(21)25-16)10-14-27-12-8-18-6-4-17(5-7-22(28)26-29)15-19(18)9-13-27/h2-7,11,15,29H,8-10,12-14H2,1H3,(H,24,25)(H,26,28)/b7-5+. The second-order valence-electron chi connectivity index (χ2n) is 7.56. The van der Waals surface area contributed by atoms with Crippen LogP contribution in [0.5, 0.6) is 0 Å². The second-order valence-corrected chi connectivity index (χ2v) is 7.56. The molecule has 0 radical (unpaired) electrons. The summed E-state index contributed by atoms with van der Waals surface area (Å²) in [6, 6.07) is 10.5. The number of fused-ring (bicyclic) bond motifs is 2. The molecule has 1 aliphatic rings. The van der Waals surface area contributed by atoms with Crippen molar-refractivity contribution in [3.05, 3.63) is 70.6 Å². The van der Waals surface area contributed by atoms with Gasteiger partial charge < -0.3 is 9.88 Å². The average Bonchev–Trinajstić information content (AvgIpc) is 2.92. The van der Waals surface area contributed by atoms with Crippen LogP contribution in [-0.2, 0) is 24.1 Å². The first-order valence-electron chi connectivity index (χ1n) is 10.0. The van der Waals surface area contributed by atoms with Crippen LogP contribution in [-0.4, -0.2) is 45.6 Å². The van der Waals surface area contributed by atoms with Crippen LogP contribution in [0.25, 0.3) is 17.1 Å². The molecule has 0 aliphatic carbocycles. The first-order chi connectivity index (χ1) is 14.1. The van der Waals surface area contributed by atoms with Crippen LogP contribution in [0.2, 0.25) is 0 Å². The molecule has 0 bridgehead atoms. The number of hydrogen-bond donors (Lipinski definition) is 3. The minimum atomic E-state index is -0.520. The summed E-state index contributed by atoms with van der Waals surface area (Å²) in [4.78, 5) is 21.5. The van der Waals surface area contributed by atoms with Crippen molar-refractivity contribution in [1.29, 1.82) is 0 Å². The third kappa shape index (κ3) is 4.39. The lowest BCUT2D eigenvalue weighted by Gasteiger charge is -2.19. The molecule has 0 spiro atoms. The van der Waals surface area contributed by atoms with Gasteiger partial charge in [-0.3, -0.25) is 10.0 Å². The quantitative estimate of drug-likeness (QED) is 0.355. The zero-order chi connectivity index (χ0) is 20.2. The van der Waals surface area contributed by atoms with Gasteiger partial charge in [0.2, 0.25) is 0 Å². The molecule has 29 heavy (non-hydrogen) atoms. The number of aromatic nitrogens is 2. The van der Waals surface area contributed by atoms with E-state index in [-0.39, 0.29) is 0 Å². The Bertz CT molecular complexity index is 1050. The van der Waals surface area contributed by atoms with Gasteiger partial charge in [0.1, 0.15) is 5.65 Å². The first-order valence-corrected chi connectivity index (χ1v) is 10.0. The van der Waals surface area contributed by atoms with Crippen molar-refractivity contribution in [3.63, 3.8) is 0 Å². The number of carbonyl (C=O) groups excluding carboxylic acids is 1. The molecule has 6 nitrogen and oxygen atoms in total. The molecule has 0 unspecified atom stereocenters. The summed E-state index contributed by atoms with van der Waals surface area (Å²) in [5.41, 5.74) is 8.85. The van der Waals surface area contributed by atoms with E-state index in [4.69, 9.17) is 5.21 Å². The molecule has 0 saturated heterocycles. The van der Waals surface area contributed by atoms with Gasteiger partial charge in [0, 0.05) is 43.0 Å². The van der Waals surface area contributed by atoms with Gasteiger partial charge in [-0.25, -0.2) is 10.5 Å². The predicted octanol–water partition coefficient (Wildman–Crippen LogP) is 3.03.